The maximum atomic E-state index is 11.7. The van der Waals surface area contributed by atoms with Crippen molar-refractivity contribution in [2.75, 3.05) is 6.26 Å². The third-order valence-electron chi connectivity index (χ3n) is 3.92. The molecular formula is C14H21BO5S. The fourth-order valence-corrected chi connectivity index (χ4v) is 3.91. The molecule has 0 aliphatic heterocycles. The minimum Gasteiger partial charge on any atom is -0.491 e. The largest absolute Gasteiger partial charge is 0.492 e. The normalized spacial score (nSPS) is 22.9. The smallest absolute Gasteiger partial charge is 0.491 e. The van der Waals surface area contributed by atoms with Gasteiger partial charge in [-0.2, -0.15) is 0 Å². The molecule has 1 aliphatic rings. The van der Waals surface area contributed by atoms with Gasteiger partial charge >= 0.3 is 7.12 Å². The molecule has 116 valence electrons. The third kappa shape index (κ3) is 4.21. The van der Waals surface area contributed by atoms with Crippen molar-refractivity contribution in [1.29, 1.82) is 0 Å². The van der Waals surface area contributed by atoms with Crippen molar-refractivity contribution in [2.24, 2.45) is 0 Å². The van der Waals surface area contributed by atoms with Gasteiger partial charge in [-0.15, -0.1) is 0 Å². The summed E-state index contributed by atoms with van der Waals surface area (Å²) in [7, 11) is -4.67. The highest BCUT2D eigenvalue weighted by Crippen LogP contribution is 2.27. The molecule has 21 heavy (non-hydrogen) atoms. The van der Waals surface area contributed by atoms with Crippen molar-refractivity contribution < 1.29 is 23.2 Å². The van der Waals surface area contributed by atoms with Gasteiger partial charge in [0.2, 0.25) is 0 Å². The first-order valence-electron chi connectivity index (χ1n) is 7.09. The summed E-state index contributed by atoms with van der Waals surface area (Å²) in [5, 5.41) is 18.5. The molecule has 2 rings (SSSR count). The lowest BCUT2D eigenvalue weighted by atomic mass is 9.78. The molecule has 0 heterocycles. The molecule has 0 saturated heterocycles. The van der Waals surface area contributed by atoms with Crippen LogP contribution in [0.15, 0.2) is 18.2 Å². The van der Waals surface area contributed by atoms with Gasteiger partial charge in [-0.1, -0.05) is 17.7 Å². The number of hydrogen-bond donors (Lipinski definition) is 2. The van der Waals surface area contributed by atoms with Crippen LogP contribution in [0.2, 0.25) is 0 Å². The maximum absolute atomic E-state index is 11.7. The summed E-state index contributed by atoms with van der Waals surface area (Å²) in [5.41, 5.74) is 1.22. The predicted octanol–water partition coefficient (Wildman–Crippen LogP) is 0.409. The number of aryl methyl sites for hydroxylation is 1. The van der Waals surface area contributed by atoms with E-state index in [4.69, 9.17) is 4.74 Å². The molecule has 0 bridgehead atoms. The minimum atomic E-state index is -3.06. The Balaban J connectivity index is 2.15. The van der Waals surface area contributed by atoms with Crippen LogP contribution in [-0.4, -0.2) is 43.2 Å². The predicted molar refractivity (Wildman–Crippen MR) is 82.5 cm³/mol. The second-order valence-electron chi connectivity index (χ2n) is 5.77. The van der Waals surface area contributed by atoms with Crippen LogP contribution in [0, 0.1) is 6.92 Å². The molecule has 1 aliphatic carbocycles. The van der Waals surface area contributed by atoms with E-state index in [0.29, 0.717) is 24.1 Å². The number of sulfone groups is 1. The van der Waals surface area contributed by atoms with Crippen LogP contribution in [0.4, 0.5) is 0 Å². The third-order valence-corrected chi connectivity index (χ3v) is 5.56. The zero-order valence-corrected chi connectivity index (χ0v) is 13.1. The molecule has 1 aromatic rings. The first-order chi connectivity index (χ1) is 9.77. The molecule has 0 radical (unpaired) electrons. The molecule has 0 spiro atoms. The number of rotatable bonds is 4. The quantitative estimate of drug-likeness (QED) is 0.787. The van der Waals surface area contributed by atoms with Crippen LogP contribution in [0.25, 0.3) is 0 Å². The Kier molecular flexibility index (Phi) is 4.96. The zero-order valence-electron chi connectivity index (χ0n) is 12.3. The van der Waals surface area contributed by atoms with Crippen LogP contribution in [-0.2, 0) is 9.84 Å². The summed E-state index contributed by atoms with van der Waals surface area (Å²) in [6, 6.07) is 5.20. The average molecular weight is 312 g/mol. The minimum absolute atomic E-state index is 0.210. The summed E-state index contributed by atoms with van der Waals surface area (Å²) in [6.45, 7) is 1.86. The molecule has 1 aromatic carbocycles. The molecule has 2 unspecified atom stereocenters. The van der Waals surface area contributed by atoms with E-state index in [-0.39, 0.29) is 11.4 Å². The summed E-state index contributed by atoms with van der Waals surface area (Å²) in [4.78, 5) is 0. The highest BCUT2D eigenvalue weighted by molar-refractivity contribution is 7.91. The summed E-state index contributed by atoms with van der Waals surface area (Å²) < 4.78 is 29.2. The fourth-order valence-electron chi connectivity index (χ4n) is 2.75. The van der Waals surface area contributed by atoms with E-state index in [1.54, 1.807) is 12.1 Å². The lowest BCUT2D eigenvalue weighted by molar-refractivity contribution is 0.157. The van der Waals surface area contributed by atoms with Gasteiger partial charge in [-0.25, -0.2) is 8.42 Å². The van der Waals surface area contributed by atoms with Crippen molar-refractivity contribution in [1.82, 2.24) is 0 Å². The highest BCUT2D eigenvalue weighted by Gasteiger charge is 2.30. The van der Waals surface area contributed by atoms with Crippen LogP contribution < -0.4 is 10.2 Å². The first kappa shape index (κ1) is 16.3. The molecule has 0 aromatic heterocycles. The van der Waals surface area contributed by atoms with Crippen molar-refractivity contribution in [3.8, 4) is 5.75 Å². The van der Waals surface area contributed by atoms with Crippen molar-refractivity contribution in [3.05, 3.63) is 23.8 Å². The monoisotopic (exact) mass is 312 g/mol. The van der Waals surface area contributed by atoms with E-state index in [1.165, 1.54) is 6.26 Å². The van der Waals surface area contributed by atoms with Gasteiger partial charge in [0.15, 0.2) is 0 Å². The SMILES string of the molecule is Cc1ccc(OC2CCCC(S(C)(=O)=O)C2)c(B(O)O)c1. The van der Waals surface area contributed by atoms with Crippen LogP contribution in [0.1, 0.15) is 31.2 Å². The van der Waals surface area contributed by atoms with E-state index in [9.17, 15) is 18.5 Å². The van der Waals surface area contributed by atoms with E-state index < -0.39 is 17.0 Å². The van der Waals surface area contributed by atoms with Gasteiger partial charge in [0, 0.05) is 18.1 Å². The molecule has 1 saturated carbocycles. The van der Waals surface area contributed by atoms with Crippen LogP contribution in [0.5, 0.6) is 5.75 Å². The Morgan fingerprint density at radius 3 is 2.62 bits per heavy atom. The van der Waals surface area contributed by atoms with Gasteiger partial charge in [0.1, 0.15) is 15.6 Å². The Labute approximate surface area is 126 Å². The fraction of sp³-hybridized carbons (Fsp3) is 0.571. The first-order valence-corrected chi connectivity index (χ1v) is 9.05. The molecular weight excluding hydrogens is 291 g/mol. The molecule has 2 N–H and O–H groups in total. The number of ether oxygens (including phenoxy) is 1. The van der Waals surface area contributed by atoms with Gasteiger partial charge in [0.05, 0.1) is 11.4 Å². The highest BCUT2D eigenvalue weighted by atomic mass is 32.2. The van der Waals surface area contributed by atoms with E-state index in [0.717, 1.165) is 18.4 Å². The van der Waals surface area contributed by atoms with Crippen molar-refractivity contribution in [3.63, 3.8) is 0 Å². The Morgan fingerprint density at radius 1 is 1.29 bits per heavy atom. The van der Waals surface area contributed by atoms with Crippen molar-refractivity contribution in [2.45, 2.75) is 44.0 Å². The van der Waals surface area contributed by atoms with Gasteiger partial charge in [-0.05, 0) is 32.3 Å². The molecule has 5 nitrogen and oxygen atoms in total. The Bertz CT molecular complexity index is 599. The van der Waals surface area contributed by atoms with E-state index in [2.05, 4.69) is 0 Å². The van der Waals surface area contributed by atoms with Gasteiger partial charge < -0.3 is 14.8 Å². The van der Waals surface area contributed by atoms with Crippen molar-refractivity contribution >= 4 is 22.4 Å². The second kappa shape index (κ2) is 6.38. The van der Waals surface area contributed by atoms with Gasteiger partial charge in [-0.3, -0.25) is 0 Å². The van der Waals surface area contributed by atoms with Gasteiger partial charge in [0.25, 0.3) is 0 Å². The molecule has 2 atom stereocenters. The van der Waals surface area contributed by atoms with E-state index in [1.807, 2.05) is 13.0 Å². The maximum Gasteiger partial charge on any atom is 0.492 e. The van der Waals surface area contributed by atoms with E-state index >= 15 is 0 Å². The summed E-state index contributed by atoms with van der Waals surface area (Å²) in [5.74, 6) is 0.412. The Hall–Kier alpha value is -1.05. The average Bonchev–Trinajstić information content (AvgIpc) is 2.40. The van der Waals surface area contributed by atoms with Crippen LogP contribution >= 0.6 is 0 Å². The topological polar surface area (TPSA) is 83.8 Å². The second-order valence-corrected chi connectivity index (χ2v) is 8.10. The number of benzene rings is 1. The zero-order chi connectivity index (χ0) is 15.6. The Morgan fingerprint density at radius 2 is 2.00 bits per heavy atom. The summed E-state index contributed by atoms with van der Waals surface area (Å²) in [6.07, 6.45) is 3.75. The molecule has 7 heteroatoms. The lowest BCUT2D eigenvalue weighted by Crippen LogP contribution is -2.37. The summed E-state index contributed by atoms with van der Waals surface area (Å²) >= 11 is 0. The molecule has 0 amide bonds. The lowest BCUT2D eigenvalue weighted by Gasteiger charge is -2.29. The molecule has 1 fully saturated rings. The standard InChI is InChI=1S/C14H21BO5S/c1-10-6-7-14(13(8-10)15(16)17)20-11-4-3-5-12(9-11)21(2,18)19/h6-8,11-12,16-17H,3-5,9H2,1-2H3. The number of hydrogen-bond acceptors (Lipinski definition) is 5. The van der Waals surface area contributed by atoms with Crippen LogP contribution in [0.3, 0.4) is 0 Å².